The summed E-state index contributed by atoms with van der Waals surface area (Å²) in [6, 6.07) is 7.64. The van der Waals surface area contributed by atoms with Gasteiger partial charge in [-0.25, -0.2) is 13.2 Å². The summed E-state index contributed by atoms with van der Waals surface area (Å²) in [5, 5.41) is 12.6. The maximum absolute atomic E-state index is 17.7. The number of hydrogen-bond acceptors (Lipinski definition) is 9. The number of nitrogens with zero attached hydrogens (tertiary/aromatic N) is 5. The molecule has 1 N–H and O–H groups in total. The number of ether oxygens (including phenoxy) is 2. The third kappa shape index (κ3) is 5.19. The first-order valence-corrected chi connectivity index (χ1v) is 18.0. The molecule has 2 aromatic heterocycles. The summed E-state index contributed by atoms with van der Waals surface area (Å²) < 4.78 is 65.7. The number of halogens is 3. The fourth-order valence-electron chi connectivity index (χ4n) is 9.58. The Morgan fingerprint density at radius 3 is 2.67 bits per heavy atom. The first-order chi connectivity index (χ1) is 25.2. The van der Waals surface area contributed by atoms with Crippen LogP contribution < -0.4 is 9.64 Å². The molecule has 6 heterocycles. The molecule has 9 rings (SSSR count). The van der Waals surface area contributed by atoms with Crippen LogP contribution in [0.25, 0.3) is 43.8 Å². The lowest BCUT2D eigenvalue weighted by molar-refractivity contribution is 0.107. The van der Waals surface area contributed by atoms with Gasteiger partial charge in [-0.3, -0.25) is 9.80 Å². The molecule has 0 aliphatic carbocycles. The summed E-state index contributed by atoms with van der Waals surface area (Å²) in [5.41, 5.74) is -0.118. The zero-order valence-corrected chi connectivity index (χ0v) is 29.2. The number of phenolic OH excluding ortho intramolecular Hbond substituents is 1. The Balaban J connectivity index is 1.27. The predicted molar refractivity (Wildman–Crippen MR) is 193 cm³/mol. The van der Waals surface area contributed by atoms with Crippen LogP contribution in [0.2, 0.25) is 0 Å². The van der Waals surface area contributed by atoms with Crippen molar-refractivity contribution in [2.75, 3.05) is 57.9 Å². The Labute approximate surface area is 299 Å². The van der Waals surface area contributed by atoms with Crippen molar-refractivity contribution >= 4 is 38.5 Å². The lowest BCUT2D eigenvalue weighted by atomic mass is 9.91. The van der Waals surface area contributed by atoms with Gasteiger partial charge in [0.15, 0.2) is 5.82 Å². The molecule has 3 aromatic carbocycles. The quantitative estimate of drug-likeness (QED) is 0.176. The summed E-state index contributed by atoms with van der Waals surface area (Å²) in [7, 11) is 1.70. The molecule has 5 aromatic rings. The summed E-state index contributed by atoms with van der Waals surface area (Å²) in [4.78, 5) is 16.7. The molecule has 4 atom stereocenters. The van der Waals surface area contributed by atoms with E-state index in [0.29, 0.717) is 47.3 Å². The average Bonchev–Trinajstić information content (AvgIpc) is 3.85. The van der Waals surface area contributed by atoms with Crippen molar-refractivity contribution < 1.29 is 32.2 Å². The lowest BCUT2D eigenvalue weighted by Crippen LogP contribution is -2.54. The van der Waals surface area contributed by atoms with Crippen LogP contribution in [-0.2, 0) is 4.74 Å². The molecular formula is C40H40F3N5O4. The largest absolute Gasteiger partial charge is 0.508 e. The second-order valence-corrected chi connectivity index (χ2v) is 14.9. The normalized spacial score (nSPS) is 24.8. The minimum atomic E-state index is -0.936. The van der Waals surface area contributed by atoms with Crippen molar-refractivity contribution in [1.82, 2.24) is 19.8 Å². The van der Waals surface area contributed by atoms with E-state index in [2.05, 4.69) is 20.6 Å². The van der Waals surface area contributed by atoms with Crippen LogP contribution in [0.4, 0.5) is 19.0 Å². The van der Waals surface area contributed by atoms with Crippen LogP contribution in [0.3, 0.4) is 0 Å². The number of alkyl halides is 1. The zero-order valence-electron chi connectivity index (χ0n) is 29.2. The van der Waals surface area contributed by atoms with E-state index in [-0.39, 0.29) is 63.6 Å². The molecule has 2 bridgehead atoms. The van der Waals surface area contributed by atoms with E-state index in [1.54, 1.807) is 14.0 Å². The van der Waals surface area contributed by atoms with Crippen LogP contribution in [0.5, 0.6) is 11.8 Å². The molecular weight excluding hydrogens is 671 g/mol. The molecule has 0 unspecified atom stereocenters. The van der Waals surface area contributed by atoms with Crippen molar-refractivity contribution in [3.63, 3.8) is 0 Å². The van der Waals surface area contributed by atoms with Gasteiger partial charge in [0.2, 0.25) is 0 Å². The SMILES string of the molecule is C#Cc1c(F)ccc2cc(O)cc(-c3c(F)c4nc(OC[C@@]56CCCN5C[C@H](F)C6)nc(N5[C@@H]6CC[C@H]5CN(CCOC)C6)c4c4cc(C)oc34)c12. The molecule has 0 amide bonds. The van der Waals surface area contributed by atoms with E-state index in [9.17, 15) is 9.50 Å². The summed E-state index contributed by atoms with van der Waals surface area (Å²) >= 11 is 0. The van der Waals surface area contributed by atoms with E-state index in [1.165, 1.54) is 24.3 Å². The lowest BCUT2D eigenvalue weighted by Gasteiger charge is -2.42. The minimum absolute atomic E-state index is 0.00168. The second-order valence-electron chi connectivity index (χ2n) is 14.9. The van der Waals surface area contributed by atoms with E-state index < -0.39 is 23.3 Å². The molecule has 12 heteroatoms. The number of piperazine rings is 1. The molecule has 270 valence electrons. The average molecular weight is 712 g/mol. The second kappa shape index (κ2) is 12.5. The number of hydrogen-bond donors (Lipinski definition) is 1. The maximum Gasteiger partial charge on any atom is 0.319 e. The Morgan fingerprint density at radius 2 is 1.90 bits per heavy atom. The van der Waals surface area contributed by atoms with Crippen molar-refractivity contribution in [3.05, 3.63) is 53.3 Å². The van der Waals surface area contributed by atoms with Crippen LogP contribution in [0.1, 0.15) is 43.4 Å². The van der Waals surface area contributed by atoms with Gasteiger partial charge >= 0.3 is 6.01 Å². The number of rotatable bonds is 8. The third-order valence-electron chi connectivity index (χ3n) is 11.8. The summed E-state index contributed by atoms with van der Waals surface area (Å²) in [6.45, 7) is 6.16. The van der Waals surface area contributed by atoms with Crippen molar-refractivity contribution in [2.24, 2.45) is 0 Å². The van der Waals surface area contributed by atoms with Crippen LogP contribution in [-0.4, -0.2) is 102 Å². The molecule has 0 saturated carbocycles. The number of phenols is 1. The third-order valence-corrected chi connectivity index (χ3v) is 11.8. The number of aromatic nitrogens is 2. The van der Waals surface area contributed by atoms with Gasteiger partial charge in [-0.1, -0.05) is 12.0 Å². The molecule has 4 saturated heterocycles. The molecule has 0 radical (unpaired) electrons. The van der Waals surface area contributed by atoms with Gasteiger partial charge in [-0.2, -0.15) is 9.97 Å². The number of furan rings is 1. The fraction of sp³-hybridized carbons (Fsp3) is 0.450. The topological polar surface area (TPSA) is 87.3 Å². The number of benzene rings is 3. The van der Waals surface area contributed by atoms with Crippen LogP contribution >= 0.6 is 0 Å². The number of aromatic hydroxyl groups is 1. The van der Waals surface area contributed by atoms with Gasteiger partial charge in [-0.05, 0) is 68.8 Å². The van der Waals surface area contributed by atoms with Gasteiger partial charge < -0.3 is 23.9 Å². The standard InChI is InChI=1S/C40H40F3N5O4/c1-4-28-31(42)9-6-23-15-27(49)16-29(32(23)28)33-35(43)36-34(30-14-22(2)52-37(30)33)38(48-25-7-8-26(48)20-46(19-25)12-13-50-3)45-39(44-36)51-21-40-10-5-11-47(40)18-24(41)17-40/h1,6,9,14-16,24-26,49H,5,7-8,10-13,17-21H2,2-3H3/t24-,25-,26+,40+/m1/s1. The summed E-state index contributed by atoms with van der Waals surface area (Å²) in [6.07, 6.45) is 8.88. The Bertz CT molecular complexity index is 2280. The molecule has 0 spiro atoms. The number of fused-ring (bicyclic) bond motifs is 7. The van der Waals surface area contributed by atoms with Crippen molar-refractivity contribution in [2.45, 2.75) is 62.8 Å². The van der Waals surface area contributed by atoms with E-state index in [0.717, 1.165) is 51.9 Å². The smallest absolute Gasteiger partial charge is 0.319 e. The Hall–Kier alpha value is -4.57. The highest BCUT2D eigenvalue weighted by Gasteiger charge is 2.50. The van der Waals surface area contributed by atoms with Crippen LogP contribution in [0, 0.1) is 30.9 Å². The highest BCUT2D eigenvalue weighted by Crippen LogP contribution is 2.48. The van der Waals surface area contributed by atoms with Crippen LogP contribution in [0.15, 0.2) is 34.7 Å². The first kappa shape index (κ1) is 33.3. The minimum Gasteiger partial charge on any atom is -0.508 e. The highest BCUT2D eigenvalue weighted by molar-refractivity contribution is 6.18. The molecule has 9 nitrogen and oxygen atoms in total. The Kier molecular flexibility index (Phi) is 8.02. The maximum atomic E-state index is 17.7. The zero-order chi connectivity index (χ0) is 35.9. The van der Waals surface area contributed by atoms with Gasteiger partial charge in [0.1, 0.15) is 47.0 Å². The monoisotopic (exact) mass is 711 g/mol. The molecule has 4 aliphatic rings. The van der Waals surface area contributed by atoms with E-state index >= 15 is 8.78 Å². The van der Waals surface area contributed by atoms with Gasteiger partial charge in [0.05, 0.1) is 28.7 Å². The highest BCUT2D eigenvalue weighted by atomic mass is 19.1. The fourth-order valence-corrected chi connectivity index (χ4v) is 9.58. The number of aryl methyl sites for hydroxylation is 1. The number of anilines is 1. The van der Waals surface area contributed by atoms with E-state index in [4.69, 9.17) is 30.3 Å². The predicted octanol–water partition coefficient (Wildman–Crippen LogP) is 6.72. The number of methoxy groups -OCH3 is 1. The molecule has 4 fully saturated rings. The molecule has 4 aliphatic heterocycles. The number of likely N-dealkylation sites (tertiary alicyclic amines) is 1. The van der Waals surface area contributed by atoms with Crippen molar-refractivity contribution in [1.29, 1.82) is 0 Å². The molecule has 52 heavy (non-hydrogen) atoms. The van der Waals surface area contributed by atoms with E-state index in [1.807, 2.05) is 6.07 Å². The number of terminal acetylenes is 1. The summed E-state index contributed by atoms with van der Waals surface area (Å²) in [5.74, 6) is 1.99. The van der Waals surface area contributed by atoms with Gasteiger partial charge in [0.25, 0.3) is 0 Å². The van der Waals surface area contributed by atoms with Crippen molar-refractivity contribution in [3.8, 4) is 35.2 Å². The van der Waals surface area contributed by atoms with Gasteiger partial charge in [0, 0.05) is 68.1 Å². The first-order valence-electron chi connectivity index (χ1n) is 18.0. The van der Waals surface area contributed by atoms with Gasteiger partial charge in [-0.15, -0.1) is 6.42 Å². The Morgan fingerprint density at radius 1 is 1.10 bits per heavy atom.